The number of halogens is 2. The summed E-state index contributed by atoms with van der Waals surface area (Å²) in [5, 5.41) is 2.57. The van der Waals surface area contributed by atoms with Gasteiger partial charge in [-0.05, 0) is 31.2 Å². The number of amides is 2. The Morgan fingerprint density at radius 3 is 2.44 bits per heavy atom. The van der Waals surface area contributed by atoms with Gasteiger partial charge in [-0.25, -0.2) is 18.5 Å². The van der Waals surface area contributed by atoms with Crippen molar-refractivity contribution in [2.45, 2.75) is 6.92 Å². The molecule has 3 rings (SSSR count). The minimum atomic E-state index is -0.763. The molecule has 25 heavy (non-hydrogen) atoms. The largest absolute Gasteiger partial charge is 0.351 e. The number of benzene rings is 2. The van der Waals surface area contributed by atoms with Crippen LogP contribution >= 0.6 is 0 Å². The molecule has 1 N–H and O–H groups in total. The van der Waals surface area contributed by atoms with Gasteiger partial charge in [-0.3, -0.25) is 9.59 Å². The van der Waals surface area contributed by atoms with Crippen LogP contribution in [0.1, 0.15) is 5.56 Å². The van der Waals surface area contributed by atoms with E-state index in [1.54, 1.807) is 12.1 Å². The Morgan fingerprint density at radius 2 is 1.80 bits per heavy atom. The van der Waals surface area contributed by atoms with E-state index in [4.69, 9.17) is 6.57 Å². The monoisotopic (exact) mass is 339 g/mol. The van der Waals surface area contributed by atoms with Crippen LogP contribution in [-0.2, 0) is 9.59 Å². The zero-order valence-corrected chi connectivity index (χ0v) is 13.0. The number of imide groups is 1. The van der Waals surface area contributed by atoms with Crippen LogP contribution in [0, 0.1) is 25.1 Å². The molecule has 0 unspecified atom stereocenters. The van der Waals surface area contributed by atoms with Crippen LogP contribution in [0.25, 0.3) is 4.85 Å². The number of nitrogens with zero attached hydrogens (tertiary/aromatic N) is 2. The second-order valence-electron chi connectivity index (χ2n) is 5.36. The van der Waals surface area contributed by atoms with Crippen molar-refractivity contribution in [1.82, 2.24) is 0 Å². The van der Waals surface area contributed by atoms with Gasteiger partial charge in [-0.2, -0.15) is 0 Å². The smallest absolute Gasteiger partial charge is 0.281 e. The summed E-state index contributed by atoms with van der Waals surface area (Å²) < 4.78 is 27.2. The molecule has 1 heterocycles. The normalized spacial score (nSPS) is 13.7. The van der Waals surface area contributed by atoms with Crippen molar-refractivity contribution in [3.05, 3.63) is 76.8 Å². The molecule has 1 aliphatic rings. The lowest BCUT2D eigenvalue weighted by molar-refractivity contribution is -0.120. The van der Waals surface area contributed by atoms with Crippen LogP contribution in [0.4, 0.5) is 25.8 Å². The predicted molar refractivity (Wildman–Crippen MR) is 88.0 cm³/mol. The highest BCUT2D eigenvalue weighted by Crippen LogP contribution is 2.27. The first kappa shape index (κ1) is 16.3. The molecule has 0 atom stereocenters. The van der Waals surface area contributed by atoms with Crippen LogP contribution in [0.5, 0.6) is 0 Å². The van der Waals surface area contributed by atoms with Gasteiger partial charge in [0.15, 0.2) is 5.69 Å². The fourth-order valence-electron chi connectivity index (χ4n) is 2.38. The van der Waals surface area contributed by atoms with Gasteiger partial charge in [-0.1, -0.05) is 12.1 Å². The average Bonchev–Trinajstić information content (AvgIpc) is 2.86. The summed E-state index contributed by atoms with van der Waals surface area (Å²) in [4.78, 5) is 28.7. The van der Waals surface area contributed by atoms with E-state index in [0.717, 1.165) is 23.1 Å². The molecule has 0 saturated heterocycles. The van der Waals surface area contributed by atoms with E-state index in [-0.39, 0.29) is 28.3 Å². The fraction of sp³-hybridized carbons (Fsp3) is 0.0556. The van der Waals surface area contributed by atoms with Gasteiger partial charge in [0.2, 0.25) is 0 Å². The molecule has 0 aliphatic carbocycles. The van der Waals surface area contributed by atoms with E-state index in [9.17, 15) is 18.4 Å². The first-order valence-electron chi connectivity index (χ1n) is 7.21. The Hall–Kier alpha value is -3.53. The zero-order chi connectivity index (χ0) is 18.1. The first-order chi connectivity index (χ1) is 11.9. The molecule has 0 bridgehead atoms. The van der Waals surface area contributed by atoms with E-state index in [2.05, 4.69) is 10.2 Å². The van der Waals surface area contributed by atoms with Crippen LogP contribution in [-0.4, -0.2) is 11.8 Å². The number of hydrogen-bond donors (Lipinski definition) is 1. The summed E-state index contributed by atoms with van der Waals surface area (Å²) in [6, 6.07) is 8.11. The maximum Gasteiger partial charge on any atom is 0.281 e. The zero-order valence-electron chi connectivity index (χ0n) is 13.0. The van der Waals surface area contributed by atoms with Crippen LogP contribution in [0.15, 0.2) is 48.2 Å². The van der Waals surface area contributed by atoms with E-state index in [1.165, 1.54) is 19.1 Å². The van der Waals surface area contributed by atoms with Crippen LogP contribution < -0.4 is 10.2 Å². The molecule has 0 fully saturated rings. The van der Waals surface area contributed by atoms with E-state index < -0.39 is 23.4 Å². The predicted octanol–water partition coefficient (Wildman–Crippen LogP) is 3.69. The lowest BCUT2D eigenvalue weighted by Crippen LogP contribution is -2.31. The summed E-state index contributed by atoms with van der Waals surface area (Å²) in [6.45, 7) is 8.29. The average molecular weight is 339 g/mol. The molecular weight excluding hydrogens is 328 g/mol. The number of hydrogen-bond acceptors (Lipinski definition) is 3. The number of carbonyl (C=O) groups excluding carboxylic acids is 2. The van der Waals surface area contributed by atoms with Gasteiger partial charge in [0.25, 0.3) is 11.8 Å². The Balaban J connectivity index is 1.88. The number of nitrogens with one attached hydrogen (secondary N) is 1. The summed E-state index contributed by atoms with van der Waals surface area (Å²) >= 11 is 0. The molecule has 2 amide bonds. The summed E-state index contributed by atoms with van der Waals surface area (Å²) in [5.74, 6) is -2.81. The van der Waals surface area contributed by atoms with Gasteiger partial charge >= 0.3 is 0 Å². The SMILES string of the molecule is [C-]#[N+]c1cccc(N2C(=O)C=C(Nc3cc(F)c(C)c(F)c3)C2=O)c1. The van der Waals surface area contributed by atoms with E-state index in [1.807, 2.05) is 0 Å². The third-order valence-electron chi connectivity index (χ3n) is 3.70. The van der Waals surface area contributed by atoms with Crippen molar-refractivity contribution in [1.29, 1.82) is 0 Å². The van der Waals surface area contributed by atoms with E-state index in [0.29, 0.717) is 0 Å². The van der Waals surface area contributed by atoms with Crippen molar-refractivity contribution < 1.29 is 18.4 Å². The third kappa shape index (κ3) is 2.97. The first-order valence-corrected chi connectivity index (χ1v) is 7.21. The van der Waals surface area contributed by atoms with E-state index >= 15 is 0 Å². The molecule has 2 aromatic rings. The number of rotatable bonds is 3. The quantitative estimate of drug-likeness (QED) is 0.685. The number of carbonyl (C=O) groups is 2. The van der Waals surface area contributed by atoms with Gasteiger partial charge < -0.3 is 5.32 Å². The molecule has 2 aromatic carbocycles. The van der Waals surface area contributed by atoms with Gasteiger partial charge in [0.1, 0.15) is 17.3 Å². The topological polar surface area (TPSA) is 53.8 Å². The Bertz CT molecular complexity index is 954. The number of anilines is 2. The molecule has 124 valence electrons. The maximum atomic E-state index is 13.6. The highest BCUT2D eigenvalue weighted by Gasteiger charge is 2.32. The lowest BCUT2D eigenvalue weighted by atomic mass is 10.2. The Kier molecular flexibility index (Phi) is 4.03. The minimum Gasteiger partial charge on any atom is -0.351 e. The second-order valence-corrected chi connectivity index (χ2v) is 5.36. The molecule has 1 aliphatic heterocycles. The molecule has 0 radical (unpaired) electrons. The summed E-state index contributed by atoms with van der Waals surface area (Å²) in [6.07, 6.45) is 1.04. The molecule has 0 saturated carbocycles. The molecule has 7 heteroatoms. The standard InChI is InChI=1S/C18H11F2N3O2/c1-10-14(19)7-12(8-15(10)20)22-16-9-17(24)23(18(16)25)13-5-3-4-11(6-13)21-2/h3-9,22H,1H3. The summed E-state index contributed by atoms with van der Waals surface area (Å²) in [7, 11) is 0. The van der Waals surface area contributed by atoms with Gasteiger partial charge in [0.05, 0.1) is 6.57 Å². The highest BCUT2D eigenvalue weighted by atomic mass is 19.1. The second kappa shape index (κ2) is 6.17. The highest BCUT2D eigenvalue weighted by molar-refractivity contribution is 6.31. The van der Waals surface area contributed by atoms with Crippen molar-refractivity contribution in [3.8, 4) is 0 Å². The minimum absolute atomic E-state index is 0.0183. The molecule has 0 aromatic heterocycles. The summed E-state index contributed by atoms with van der Waals surface area (Å²) in [5.41, 5.74) is 0.302. The van der Waals surface area contributed by atoms with Crippen molar-refractivity contribution in [3.63, 3.8) is 0 Å². The van der Waals surface area contributed by atoms with Crippen LogP contribution in [0.3, 0.4) is 0 Å². The maximum absolute atomic E-state index is 13.6. The Morgan fingerprint density at radius 1 is 1.12 bits per heavy atom. The van der Waals surface area contributed by atoms with Gasteiger partial charge in [-0.15, -0.1) is 0 Å². The lowest BCUT2D eigenvalue weighted by Gasteiger charge is -2.16. The third-order valence-corrected chi connectivity index (χ3v) is 3.70. The molecule has 5 nitrogen and oxygen atoms in total. The van der Waals surface area contributed by atoms with Crippen molar-refractivity contribution >= 4 is 28.9 Å². The molecule has 0 spiro atoms. The fourth-order valence-corrected chi connectivity index (χ4v) is 2.38. The van der Waals surface area contributed by atoms with Crippen LogP contribution in [0.2, 0.25) is 0 Å². The van der Waals surface area contributed by atoms with Crippen molar-refractivity contribution in [2.24, 2.45) is 0 Å². The van der Waals surface area contributed by atoms with Gasteiger partial charge in [0, 0.05) is 23.0 Å². The molecular formula is C18H11F2N3O2. The van der Waals surface area contributed by atoms with Crippen molar-refractivity contribution in [2.75, 3.05) is 10.2 Å². The Labute approximate surface area is 142 Å².